The number of carbonyl (C=O) groups is 1. The van der Waals surface area contributed by atoms with E-state index in [0.717, 1.165) is 12.1 Å². The number of rotatable bonds is 5. The number of anilines is 1. The molecule has 1 aromatic carbocycles. The third kappa shape index (κ3) is 4.85. The minimum Gasteiger partial charge on any atom is -0.376 e. The number of urea groups is 1. The maximum atomic E-state index is 11.7. The van der Waals surface area contributed by atoms with Gasteiger partial charge in [-0.25, -0.2) is 4.79 Å². The van der Waals surface area contributed by atoms with Gasteiger partial charge in [0.25, 0.3) is 0 Å². The van der Waals surface area contributed by atoms with Crippen LogP contribution in [0.5, 0.6) is 0 Å². The Morgan fingerprint density at radius 1 is 1.25 bits per heavy atom. The summed E-state index contributed by atoms with van der Waals surface area (Å²) in [7, 11) is 0. The van der Waals surface area contributed by atoms with Crippen LogP contribution >= 0.6 is 0 Å². The normalized spacial score (nSPS) is 22.2. The molecule has 1 aliphatic carbocycles. The molecule has 2 N–H and O–H groups in total. The number of amides is 2. The van der Waals surface area contributed by atoms with Gasteiger partial charge in [0.05, 0.1) is 12.7 Å². The van der Waals surface area contributed by atoms with Crippen molar-refractivity contribution in [1.29, 1.82) is 0 Å². The molecule has 2 atom stereocenters. The van der Waals surface area contributed by atoms with Gasteiger partial charge in [0, 0.05) is 12.2 Å². The zero-order chi connectivity index (χ0) is 14.2. The lowest BCUT2D eigenvalue weighted by Gasteiger charge is -2.28. The Hall–Kier alpha value is -1.55. The lowest BCUT2D eigenvalue weighted by molar-refractivity contribution is -0.00232. The fourth-order valence-electron chi connectivity index (χ4n) is 2.60. The first-order chi connectivity index (χ1) is 9.75. The van der Waals surface area contributed by atoms with Crippen molar-refractivity contribution in [3.8, 4) is 0 Å². The lowest BCUT2D eigenvalue weighted by atomic mass is 9.88. The van der Waals surface area contributed by atoms with Crippen LogP contribution in [-0.4, -0.2) is 25.3 Å². The fourth-order valence-corrected chi connectivity index (χ4v) is 2.60. The van der Waals surface area contributed by atoms with Crippen LogP contribution in [0.15, 0.2) is 30.3 Å². The molecule has 4 heteroatoms. The number of benzene rings is 1. The van der Waals surface area contributed by atoms with Gasteiger partial charge in [0.2, 0.25) is 0 Å². The number of hydrogen-bond donors (Lipinski definition) is 2. The summed E-state index contributed by atoms with van der Waals surface area (Å²) in [5, 5.41) is 5.59. The van der Waals surface area contributed by atoms with E-state index in [1.807, 2.05) is 30.3 Å². The van der Waals surface area contributed by atoms with Gasteiger partial charge in [-0.2, -0.15) is 0 Å². The van der Waals surface area contributed by atoms with Crippen molar-refractivity contribution in [2.75, 3.05) is 18.5 Å². The van der Waals surface area contributed by atoms with Gasteiger partial charge in [-0.1, -0.05) is 38.0 Å². The molecule has 2 rings (SSSR count). The van der Waals surface area contributed by atoms with Gasteiger partial charge in [0.15, 0.2) is 0 Å². The van der Waals surface area contributed by atoms with Crippen LogP contribution in [-0.2, 0) is 4.74 Å². The standard InChI is InChI=1S/C16H24N2O2/c1-13-7-5-6-10-15(13)20-12-11-17-16(19)18-14-8-3-2-4-9-14/h2-4,8-9,13,15H,5-7,10-12H2,1H3,(H2,17,18,19)/t13-,15-/m0/s1. The van der Waals surface area contributed by atoms with Crippen molar-refractivity contribution < 1.29 is 9.53 Å². The Balaban J connectivity index is 1.60. The summed E-state index contributed by atoms with van der Waals surface area (Å²) < 4.78 is 5.85. The van der Waals surface area contributed by atoms with Crippen LogP contribution in [0.2, 0.25) is 0 Å². The lowest BCUT2D eigenvalue weighted by Crippen LogP contribution is -2.34. The maximum Gasteiger partial charge on any atom is 0.319 e. The molecule has 1 aromatic rings. The molecule has 20 heavy (non-hydrogen) atoms. The fraction of sp³-hybridized carbons (Fsp3) is 0.562. The van der Waals surface area contributed by atoms with Crippen LogP contribution in [0.25, 0.3) is 0 Å². The Labute approximate surface area is 120 Å². The van der Waals surface area contributed by atoms with Crippen molar-refractivity contribution in [3.05, 3.63) is 30.3 Å². The maximum absolute atomic E-state index is 11.7. The first-order valence-electron chi connectivity index (χ1n) is 7.47. The average Bonchev–Trinajstić information content (AvgIpc) is 2.46. The van der Waals surface area contributed by atoms with Crippen LogP contribution < -0.4 is 10.6 Å². The highest BCUT2D eigenvalue weighted by Crippen LogP contribution is 2.25. The molecule has 0 aliphatic heterocycles. The summed E-state index contributed by atoms with van der Waals surface area (Å²) in [6, 6.07) is 9.24. The van der Waals surface area contributed by atoms with E-state index in [2.05, 4.69) is 17.6 Å². The van der Waals surface area contributed by atoms with Gasteiger partial charge < -0.3 is 15.4 Å². The third-order valence-electron chi connectivity index (χ3n) is 3.78. The molecule has 4 nitrogen and oxygen atoms in total. The quantitative estimate of drug-likeness (QED) is 0.810. The van der Waals surface area contributed by atoms with Crippen molar-refractivity contribution in [2.45, 2.75) is 38.7 Å². The van der Waals surface area contributed by atoms with Crippen LogP contribution in [0.4, 0.5) is 10.5 Å². The number of para-hydroxylation sites is 1. The first kappa shape index (κ1) is 14.9. The van der Waals surface area contributed by atoms with Crippen molar-refractivity contribution in [1.82, 2.24) is 5.32 Å². The van der Waals surface area contributed by atoms with E-state index in [0.29, 0.717) is 25.2 Å². The van der Waals surface area contributed by atoms with E-state index in [1.54, 1.807) is 0 Å². The van der Waals surface area contributed by atoms with Gasteiger partial charge in [-0.15, -0.1) is 0 Å². The van der Waals surface area contributed by atoms with Crippen molar-refractivity contribution >= 4 is 11.7 Å². The SMILES string of the molecule is C[C@H]1CCCC[C@@H]1OCCNC(=O)Nc1ccccc1. The summed E-state index contributed by atoms with van der Waals surface area (Å²) >= 11 is 0. The van der Waals surface area contributed by atoms with Crippen molar-refractivity contribution in [3.63, 3.8) is 0 Å². The number of ether oxygens (including phenoxy) is 1. The third-order valence-corrected chi connectivity index (χ3v) is 3.78. The molecule has 1 aliphatic rings. The van der Waals surface area contributed by atoms with E-state index in [9.17, 15) is 4.79 Å². The van der Waals surface area contributed by atoms with Gasteiger partial charge >= 0.3 is 6.03 Å². The monoisotopic (exact) mass is 276 g/mol. The highest BCUT2D eigenvalue weighted by molar-refractivity contribution is 5.89. The average molecular weight is 276 g/mol. The van der Waals surface area contributed by atoms with Gasteiger partial charge in [-0.05, 0) is 30.9 Å². The molecule has 0 aromatic heterocycles. The molecule has 0 radical (unpaired) electrons. The van der Waals surface area contributed by atoms with Crippen LogP contribution in [0, 0.1) is 5.92 Å². The summed E-state index contributed by atoms with van der Waals surface area (Å²) in [4.78, 5) is 11.7. The highest BCUT2D eigenvalue weighted by Gasteiger charge is 2.21. The second-order valence-corrected chi connectivity index (χ2v) is 5.42. The Morgan fingerprint density at radius 3 is 2.75 bits per heavy atom. The highest BCUT2D eigenvalue weighted by atomic mass is 16.5. The Morgan fingerprint density at radius 2 is 2.00 bits per heavy atom. The molecule has 0 bridgehead atoms. The minimum absolute atomic E-state index is 0.184. The molecule has 0 saturated heterocycles. The minimum atomic E-state index is -0.184. The zero-order valence-electron chi connectivity index (χ0n) is 12.1. The topological polar surface area (TPSA) is 50.4 Å². The number of carbonyl (C=O) groups excluding carboxylic acids is 1. The first-order valence-corrected chi connectivity index (χ1v) is 7.47. The van der Waals surface area contributed by atoms with E-state index in [1.165, 1.54) is 19.3 Å². The predicted octanol–water partition coefficient (Wildman–Crippen LogP) is 3.40. The molecule has 0 unspecified atom stereocenters. The molecule has 1 fully saturated rings. The molecule has 0 spiro atoms. The van der Waals surface area contributed by atoms with Crippen LogP contribution in [0.3, 0.4) is 0 Å². The number of hydrogen-bond acceptors (Lipinski definition) is 2. The Kier molecular flexibility index (Phi) is 5.87. The Bertz CT molecular complexity index is 408. The number of nitrogens with one attached hydrogen (secondary N) is 2. The van der Waals surface area contributed by atoms with Gasteiger partial charge in [0.1, 0.15) is 0 Å². The summed E-state index contributed by atoms with van der Waals surface area (Å²) in [5.41, 5.74) is 0.798. The molecule has 110 valence electrons. The largest absolute Gasteiger partial charge is 0.376 e. The second kappa shape index (κ2) is 7.90. The van der Waals surface area contributed by atoms with E-state index in [-0.39, 0.29) is 6.03 Å². The molecule has 1 saturated carbocycles. The van der Waals surface area contributed by atoms with Crippen LogP contribution in [0.1, 0.15) is 32.6 Å². The molecular formula is C16H24N2O2. The van der Waals surface area contributed by atoms with E-state index < -0.39 is 0 Å². The van der Waals surface area contributed by atoms with E-state index >= 15 is 0 Å². The zero-order valence-corrected chi connectivity index (χ0v) is 12.1. The van der Waals surface area contributed by atoms with Crippen molar-refractivity contribution in [2.24, 2.45) is 5.92 Å². The molecular weight excluding hydrogens is 252 g/mol. The molecule has 2 amide bonds. The van der Waals surface area contributed by atoms with Gasteiger partial charge in [-0.3, -0.25) is 0 Å². The summed E-state index contributed by atoms with van der Waals surface area (Å²) in [6.45, 7) is 3.37. The van der Waals surface area contributed by atoms with E-state index in [4.69, 9.17) is 4.74 Å². The predicted molar refractivity (Wildman–Crippen MR) is 80.8 cm³/mol. The summed E-state index contributed by atoms with van der Waals surface area (Å²) in [5.74, 6) is 0.641. The molecule has 0 heterocycles. The smallest absolute Gasteiger partial charge is 0.319 e. The summed E-state index contributed by atoms with van der Waals surface area (Å²) in [6.07, 6.45) is 5.35. The second-order valence-electron chi connectivity index (χ2n) is 5.42.